The van der Waals surface area contributed by atoms with Gasteiger partial charge in [-0.15, -0.1) is 6.58 Å². The molecule has 0 aromatic heterocycles. The number of hydrogen-bond donors (Lipinski definition) is 1. The van der Waals surface area contributed by atoms with Crippen LogP contribution in [0.3, 0.4) is 0 Å². The van der Waals surface area contributed by atoms with Gasteiger partial charge < -0.3 is 5.32 Å². The number of nitrogens with one attached hydrogen (secondary N) is 1. The number of allylic oxidation sites excluding steroid dienone is 3. The summed E-state index contributed by atoms with van der Waals surface area (Å²) in [5.41, 5.74) is 5.22. The van der Waals surface area contributed by atoms with Crippen LogP contribution in [-0.4, -0.2) is 0 Å². The summed E-state index contributed by atoms with van der Waals surface area (Å²) in [6, 6.07) is 21.0. The summed E-state index contributed by atoms with van der Waals surface area (Å²) < 4.78 is 0. The lowest BCUT2D eigenvalue weighted by Crippen LogP contribution is -2.10. The highest BCUT2D eigenvalue weighted by molar-refractivity contribution is 5.69. The molecule has 1 unspecified atom stereocenters. The van der Waals surface area contributed by atoms with E-state index in [0.717, 1.165) is 6.42 Å². The molecule has 1 N–H and O–H groups in total. The van der Waals surface area contributed by atoms with Gasteiger partial charge in [-0.1, -0.05) is 66.7 Å². The molecule has 21 heavy (non-hydrogen) atoms. The highest BCUT2D eigenvalue weighted by atomic mass is 14.8. The van der Waals surface area contributed by atoms with Crippen LogP contribution in [0.25, 0.3) is 5.57 Å². The zero-order valence-corrected chi connectivity index (χ0v) is 12.0. The van der Waals surface area contributed by atoms with Crippen molar-refractivity contribution in [2.45, 2.75) is 12.3 Å². The van der Waals surface area contributed by atoms with Crippen molar-refractivity contribution in [1.82, 2.24) is 5.32 Å². The summed E-state index contributed by atoms with van der Waals surface area (Å²) in [5, 5.41) is 3.30. The van der Waals surface area contributed by atoms with Crippen molar-refractivity contribution in [3.63, 3.8) is 0 Å². The van der Waals surface area contributed by atoms with Gasteiger partial charge in [0.1, 0.15) is 0 Å². The molecule has 0 saturated carbocycles. The standard InChI is InChI=1S/C20H19N/c1-2-20(17-11-7-4-8-12-17)19-13-18(14-21-15-19)16-9-5-3-6-10-16/h2-12,14-15,20-21H,1,13H2. The Balaban J connectivity index is 1.84. The van der Waals surface area contributed by atoms with Crippen molar-refractivity contribution >= 4 is 5.57 Å². The summed E-state index contributed by atoms with van der Waals surface area (Å²) in [4.78, 5) is 0. The average molecular weight is 273 g/mol. The van der Waals surface area contributed by atoms with Gasteiger partial charge in [-0.25, -0.2) is 0 Å². The minimum absolute atomic E-state index is 0.256. The molecule has 1 nitrogen and oxygen atoms in total. The molecular weight excluding hydrogens is 254 g/mol. The molecule has 0 fully saturated rings. The van der Waals surface area contributed by atoms with Crippen LogP contribution in [0.4, 0.5) is 0 Å². The van der Waals surface area contributed by atoms with Gasteiger partial charge in [-0.3, -0.25) is 0 Å². The molecule has 0 aliphatic carbocycles. The third kappa shape index (κ3) is 2.97. The lowest BCUT2D eigenvalue weighted by atomic mass is 9.85. The van der Waals surface area contributed by atoms with E-state index in [2.05, 4.69) is 72.8 Å². The van der Waals surface area contributed by atoms with Crippen molar-refractivity contribution in [3.05, 3.63) is 102 Å². The van der Waals surface area contributed by atoms with E-state index in [1.54, 1.807) is 0 Å². The van der Waals surface area contributed by atoms with Crippen LogP contribution in [0.1, 0.15) is 23.5 Å². The molecule has 1 aliphatic rings. The minimum Gasteiger partial charge on any atom is -0.367 e. The lowest BCUT2D eigenvalue weighted by molar-refractivity contribution is 0.908. The smallest absolute Gasteiger partial charge is 0.0246 e. The molecule has 0 radical (unpaired) electrons. The molecule has 0 amide bonds. The highest BCUT2D eigenvalue weighted by Crippen LogP contribution is 2.34. The molecule has 1 aliphatic heterocycles. The second kappa shape index (κ2) is 6.27. The van der Waals surface area contributed by atoms with E-state index in [0.29, 0.717) is 0 Å². The molecule has 104 valence electrons. The molecule has 2 aromatic rings. The fourth-order valence-electron chi connectivity index (χ4n) is 2.77. The minimum atomic E-state index is 0.256. The fraction of sp³-hybridized carbons (Fsp3) is 0.100. The van der Waals surface area contributed by atoms with Gasteiger partial charge in [-0.05, 0) is 28.7 Å². The largest absolute Gasteiger partial charge is 0.367 e. The Morgan fingerprint density at radius 1 is 0.905 bits per heavy atom. The van der Waals surface area contributed by atoms with Crippen molar-refractivity contribution in [1.29, 1.82) is 0 Å². The monoisotopic (exact) mass is 273 g/mol. The lowest BCUT2D eigenvalue weighted by Gasteiger charge is -2.22. The van der Waals surface area contributed by atoms with Gasteiger partial charge in [-0.2, -0.15) is 0 Å². The maximum atomic E-state index is 4.02. The van der Waals surface area contributed by atoms with Crippen molar-refractivity contribution in [3.8, 4) is 0 Å². The Bertz CT molecular complexity index is 665. The topological polar surface area (TPSA) is 12.0 Å². The Morgan fingerprint density at radius 2 is 1.57 bits per heavy atom. The molecule has 1 atom stereocenters. The van der Waals surface area contributed by atoms with Crippen LogP contribution in [-0.2, 0) is 0 Å². The van der Waals surface area contributed by atoms with Crippen molar-refractivity contribution in [2.75, 3.05) is 0 Å². The summed E-state index contributed by atoms with van der Waals surface area (Å²) in [6.07, 6.45) is 7.16. The summed E-state index contributed by atoms with van der Waals surface area (Å²) >= 11 is 0. The molecule has 0 saturated heterocycles. The molecule has 1 heteroatoms. The first-order valence-electron chi connectivity index (χ1n) is 7.25. The number of dihydropyridines is 1. The Morgan fingerprint density at radius 3 is 2.24 bits per heavy atom. The molecule has 3 rings (SSSR count). The average Bonchev–Trinajstić information content (AvgIpc) is 2.58. The van der Waals surface area contributed by atoms with Gasteiger partial charge >= 0.3 is 0 Å². The van der Waals surface area contributed by atoms with E-state index >= 15 is 0 Å². The fourth-order valence-corrected chi connectivity index (χ4v) is 2.77. The first-order valence-corrected chi connectivity index (χ1v) is 7.25. The van der Waals surface area contributed by atoms with Gasteiger partial charge in [0.05, 0.1) is 0 Å². The Kier molecular flexibility index (Phi) is 4.02. The quantitative estimate of drug-likeness (QED) is 0.783. The Labute approximate surface area is 126 Å². The Hall–Kier alpha value is -2.54. The van der Waals surface area contributed by atoms with Crippen LogP contribution in [0.15, 0.2) is 91.3 Å². The maximum Gasteiger partial charge on any atom is 0.0246 e. The highest BCUT2D eigenvalue weighted by Gasteiger charge is 2.17. The zero-order chi connectivity index (χ0) is 14.5. The SMILES string of the molecule is C=CC(C1=CNC=C(c2ccccc2)C1)c1ccccc1. The van der Waals surface area contributed by atoms with Crippen LogP contribution in [0.5, 0.6) is 0 Å². The van der Waals surface area contributed by atoms with E-state index in [-0.39, 0.29) is 5.92 Å². The van der Waals surface area contributed by atoms with Crippen LogP contribution < -0.4 is 5.32 Å². The predicted molar refractivity (Wildman–Crippen MR) is 89.6 cm³/mol. The first kappa shape index (κ1) is 13.4. The van der Waals surface area contributed by atoms with Crippen molar-refractivity contribution in [2.24, 2.45) is 0 Å². The summed E-state index contributed by atoms with van der Waals surface area (Å²) in [7, 11) is 0. The van der Waals surface area contributed by atoms with Crippen LogP contribution in [0.2, 0.25) is 0 Å². The van der Waals surface area contributed by atoms with Gasteiger partial charge in [0.15, 0.2) is 0 Å². The molecule has 2 aromatic carbocycles. The normalized spacial score (nSPS) is 15.4. The van der Waals surface area contributed by atoms with E-state index in [1.165, 1.54) is 22.3 Å². The predicted octanol–water partition coefficient (Wildman–Crippen LogP) is 4.87. The molecule has 0 spiro atoms. The zero-order valence-electron chi connectivity index (χ0n) is 12.0. The van der Waals surface area contributed by atoms with Crippen molar-refractivity contribution < 1.29 is 0 Å². The second-order valence-electron chi connectivity index (χ2n) is 5.22. The van der Waals surface area contributed by atoms with E-state index < -0.39 is 0 Å². The summed E-state index contributed by atoms with van der Waals surface area (Å²) in [6.45, 7) is 4.02. The molecule has 1 heterocycles. The number of hydrogen-bond acceptors (Lipinski definition) is 1. The molecular formula is C20H19N. The third-order valence-corrected chi connectivity index (χ3v) is 3.86. The van der Waals surface area contributed by atoms with E-state index in [4.69, 9.17) is 0 Å². The van der Waals surface area contributed by atoms with Gasteiger partial charge in [0, 0.05) is 18.3 Å². The number of rotatable bonds is 4. The van der Waals surface area contributed by atoms with Gasteiger partial charge in [0.25, 0.3) is 0 Å². The van der Waals surface area contributed by atoms with Crippen LogP contribution >= 0.6 is 0 Å². The van der Waals surface area contributed by atoms with Gasteiger partial charge in [0.2, 0.25) is 0 Å². The first-order chi connectivity index (χ1) is 10.4. The second-order valence-corrected chi connectivity index (χ2v) is 5.22. The van der Waals surface area contributed by atoms with E-state index in [1.807, 2.05) is 18.2 Å². The van der Waals surface area contributed by atoms with E-state index in [9.17, 15) is 0 Å². The summed E-state index contributed by atoms with van der Waals surface area (Å²) in [5.74, 6) is 0.256. The third-order valence-electron chi connectivity index (χ3n) is 3.86. The number of benzene rings is 2. The maximum absolute atomic E-state index is 4.02. The molecule has 0 bridgehead atoms. The van der Waals surface area contributed by atoms with Crippen LogP contribution in [0, 0.1) is 0 Å².